The molecule has 1 aromatic carbocycles. The van der Waals surface area contributed by atoms with E-state index in [9.17, 15) is 4.79 Å². The molecule has 0 unspecified atom stereocenters. The first-order valence-corrected chi connectivity index (χ1v) is 10.6. The molecule has 2 aliphatic rings. The van der Waals surface area contributed by atoms with Crippen molar-refractivity contribution in [1.29, 1.82) is 0 Å². The lowest BCUT2D eigenvalue weighted by Gasteiger charge is -2.23. The summed E-state index contributed by atoms with van der Waals surface area (Å²) in [5.74, 6) is 0.810. The van der Waals surface area contributed by atoms with Crippen LogP contribution >= 0.6 is 23.4 Å². The summed E-state index contributed by atoms with van der Waals surface area (Å²) in [5, 5.41) is 1.92. The van der Waals surface area contributed by atoms with Gasteiger partial charge in [-0.2, -0.15) is 0 Å². The van der Waals surface area contributed by atoms with E-state index in [0.717, 1.165) is 49.8 Å². The van der Waals surface area contributed by atoms with Gasteiger partial charge in [0.1, 0.15) is 0 Å². The first-order chi connectivity index (χ1) is 12.7. The zero-order valence-corrected chi connectivity index (χ0v) is 16.2. The maximum absolute atomic E-state index is 13.1. The Bertz CT molecular complexity index is 829. The molecule has 0 saturated carbocycles. The molecule has 2 aliphatic heterocycles. The van der Waals surface area contributed by atoms with Crippen LogP contribution in [0, 0.1) is 0 Å². The molecule has 1 aromatic heterocycles. The minimum absolute atomic E-state index is 0.0192. The van der Waals surface area contributed by atoms with Crippen LogP contribution in [0.2, 0.25) is 5.02 Å². The van der Waals surface area contributed by atoms with Gasteiger partial charge in [0.15, 0.2) is 5.16 Å². The number of hydrogen-bond acceptors (Lipinski definition) is 5. The maximum Gasteiger partial charge on any atom is 0.262 e. The third-order valence-corrected chi connectivity index (χ3v) is 6.31. The van der Waals surface area contributed by atoms with E-state index in [1.807, 2.05) is 0 Å². The van der Waals surface area contributed by atoms with Gasteiger partial charge in [-0.05, 0) is 50.3 Å². The third kappa shape index (κ3) is 4.09. The fourth-order valence-corrected chi connectivity index (χ4v) is 4.78. The minimum Gasteiger partial charge on any atom is -0.377 e. The van der Waals surface area contributed by atoms with E-state index in [-0.39, 0.29) is 17.8 Å². The van der Waals surface area contributed by atoms with Gasteiger partial charge >= 0.3 is 0 Å². The molecule has 2 saturated heterocycles. The van der Waals surface area contributed by atoms with Crippen LogP contribution in [-0.4, -0.2) is 40.7 Å². The summed E-state index contributed by atoms with van der Waals surface area (Å²) in [6, 6.07) is 5.26. The van der Waals surface area contributed by atoms with Gasteiger partial charge in [0.05, 0.1) is 29.7 Å². The van der Waals surface area contributed by atoms with Crippen LogP contribution in [-0.2, 0) is 16.0 Å². The number of thioether (sulfide) groups is 1. The summed E-state index contributed by atoms with van der Waals surface area (Å²) >= 11 is 7.70. The van der Waals surface area contributed by atoms with Gasteiger partial charge in [0, 0.05) is 24.0 Å². The van der Waals surface area contributed by atoms with Crippen LogP contribution in [0.4, 0.5) is 0 Å². The van der Waals surface area contributed by atoms with E-state index in [0.29, 0.717) is 22.5 Å². The smallest absolute Gasteiger partial charge is 0.262 e. The van der Waals surface area contributed by atoms with Crippen molar-refractivity contribution in [3.63, 3.8) is 0 Å². The van der Waals surface area contributed by atoms with E-state index < -0.39 is 0 Å². The average molecular weight is 395 g/mol. The van der Waals surface area contributed by atoms with Crippen LogP contribution in [0.1, 0.15) is 32.1 Å². The molecular weight excluding hydrogens is 372 g/mol. The van der Waals surface area contributed by atoms with Crippen molar-refractivity contribution in [2.45, 2.75) is 56.0 Å². The summed E-state index contributed by atoms with van der Waals surface area (Å²) in [5.41, 5.74) is 0.632. The Kier molecular flexibility index (Phi) is 5.84. The molecule has 5 nitrogen and oxygen atoms in total. The quantitative estimate of drug-likeness (QED) is 0.568. The summed E-state index contributed by atoms with van der Waals surface area (Å²) in [6.45, 7) is 2.15. The number of fused-ring (bicyclic) bond motifs is 1. The standard InChI is InChI=1S/C19H23ClN2O3S/c20-13-6-7-16-17(10-13)21-19(26-12-15-4-1-2-8-25-15)22(18(16)23)11-14-5-3-9-24-14/h6-7,10,14-15H,1-5,8-9,11-12H2/t14-,15+/m1/s1. The zero-order valence-electron chi connectivity index (χ0n) is 14.7. The van der Waals surface area contributed by atoms with Crippen LogP contribution in [0.5, 0.6) is 0 Å². The molecule has 0 radical (unpaired) electrons. The Morgan fingerprint density at radius 3 is 2.73 bits per heavy atom. The van der Waals surface area contributed by atoms with Gasteiger partial charge in [0.2, 0.25) is 0 Å². The number of benzene rings is 1. The second kappa shape index (κ2) is 8.30. The van der Waals surface area contributed by atoms with Crippen LogP contribution < -0.4 is 5.56 Å². The van der Waals surface area contributed by atoms with E-state index in [2.05, 4.69) is 0 Å². The van der Waals surface area contributed by atoms with Crippen molar-refractivity contribution in [3.05, 3.63) is 33.6 Å². The average Bonchev–Trinajstić information content (AvgIpc) is 3.16. The highest BCUT2D eigenvalue weighted by Gasteiger charge is 2.21. The Balaban J connectivity index is 1.65. The molecule has 0 bridgehead atoms. The van der Waals surface area contributed by atoms with Gasteiger partial charge in [0.25, 0.3) is 5.56 Å². The minimum atomic E-state index is -0.0192. The van der Waals surface area contributed by atoms with Gasteiger partial charge in [-0.3, -0.25) is 9.36 Å². The molecule has 2 atom stereocenters. The third-order valence-electron chi connectivity index (χ3n) is 4.96. The summed E-state index contributed by atoms with van der Waals surface area (Å²) < 4.78 is 13.4. The number of nitrogens with zero attached hydrogens (tertiary/aromatic N) is 2. The molecule has 2 aromatic rings. The Morgan fingerprint density at radius 2 is 1.96 bits per heavy atom. The Labute approximate surface area is 162 Å². The molecule has 0 spiro atoms. The van der Waals surface area contributed by atoms with Crippen molar-refractivity contribution in [1.82, 2.24) is 9.55 Å². The molecular formula is C19H23ClN2O3S. The lowest BCUT2D eigenvalue weighted by atomic mass is 10.1. The molecule has 140 valence electrons. The summed E-state index contributed by atoms with van der Waals surface area (Å²) in [7, 11) is 0. The van der Waals surface area contributed by atoms with Crippen LogP contribution in [0.25, 0.3) is 10.9 Å². The highest BCUT2D eigenvalue weighted by atomic mass is 35.5. The van der Waals surface area contributed by atoms with Crippen LogP contribution in [0.15, 0.2) is 28.2 Å². The molecule has 2 fully saturated rings. The lowest BCUT2D eigenvalue weighted by Crippen LogP contribution is -2.29. The molecule has 7 heteroatoms. The maximum atomic E-state index is 13.1. The van der Waals surface area contributed by atoms with Crippen molar-refractivity contribution in [2.75, 3.05) is 19.0 Å². The highest BCUT2D eigenvalue weighted by Crippen LogP contribution is 2.25. The number of hydrogen-bond donors (Lipinski definition) is 0. The molecule has 0 amide bonds. The topological polar surface area (TPSA) is 53.3 Å². The normalized spacial score (nSPS) is 23.6. The van der Waals surface area contributed by atoms with Gasteiger partial charge < -0.3 is 9.47 Å². The predicted octanol–water partition coefficient (Wildman–Crippen LogP) is 3.89. The Morgan fingerprint density at radius 1 is 1.15 bits per heavy atom. The van der Waals surface area contributed by atoms with Gasteiger partial charge in [-0.15, -0.1) is 0 Å². The molecule has 26 heavy (non-hydrogen) atoms. The zero-order chi connectivity index (χ0) is 17.9. The van der Waals surface area contributed by atoms with Gasteiger partial charge in [-0.1, -0.05) is 23.4 Å². The number of aromatic nitrogens is 2. The second-order valence-corrected chi connectivity index (χ2v) is 8.33. The molecule has 0 N–H and O–H groups in total. The first-order valence-electron chi connectivity index (χ1n) is 9.27. The van der Waals surface area contributed by atoms with Crippen molar-refractivity contribution in [3.8, 4) is 0 Å². The van der Waals surface area contributed by atoms with Crippen molar-refractivity contribution >= 4 is 34.3 Å². The van der Waals surface area contributed by atoms with E-state index in [1.54, 1.807) is 34.5 Å². The number of ether oxygens (including phenoxy) is 2. The lowest BCUT2D eigenvalue weighted by molar-refractivity contribution is 0.0315. The van der Waals surface area contributed by atoms with Crippen molar-refractivity contribution in [2.24, 2.45) is 0 Å². The Hall–Kier alpha value is -1.08. The number of halogens is 1. The predicted molar refractivity (Wildman–Crippen MR) is 104 cm³/mol. The van der Waals surface area contributed by atoms with Crippen molar-refractivity contribution < 1.29 is 9.47 Å². The summed E-state index contributed by atoms with van der Waals surface area (Å²) in [4.78, 5) is 17.8. The van der Waals surface area contributed by atoms with Crippen LogP contribution in [0.3, 0.4) is 0 Å². The second-order valence-electron chi connectivity index (χ2n) is 6.91. The fraction of sp³-hybridized carbons (Fsp3) is 0.579. The molecule has 4 rings (SSSR count). The summed E-state index contributed by atoms with van der Waals surface area (Å²) in [6.07, 6.45) is 5.77. The molecule has 3 heterocycles. The largest absolute Gasteiger partial charge is 0.377 e. The van der Waals surface area contributed by atoms with E-state index in [1.165, 1.54) is 6.42 Å². The van der Waals surface area contributed by atoms with Gasteiger partial charge in [-0.25, -0.2) is 4.98 Å². The SMILES string of the molecule is O=c1c2ccc(Cl)cc2nc(SC[C@@H]2CCCCO2)n1C[C@H]1CCCO1. The van der Waals surface area contributed by atoms with E-state index >= 15 is 0 Å². The highest BCUT2D eigenvalue weighted by molar-refractivity contribution is 7.99. The monoisotopic (exact) mass is 394 g/mol. The molecule has 0 aliphatic carbocycles. The number of rotatable bonds is 5. The fourth-order valence-electron chi connectivity index (χ4n) is 3.54. The van der Waals surface area contributed by atoms with E-state index in [4.69, 9.17) is 26.1 Å². The first kappa shape index (κ1) is 18.3.